The highest BCUT2D eigenvalue weighted by Crippen LogP contribution is 2.35. The van der Waals surface area contributed by atoms with Crippen LogP contribution in [0.5, 0.6) is 5.75 Å². The molecule has 5 nitrogen and oxygen atoms in total. The number of alkyl halides is 3. The molecule has 1 aromatic carbocycles. The topological polar surface area (TPSA) is 49.9 Å². The number of nitrogens with zero attached hydrogens (tertiary/aromatic N) is 2. The van der Waals surface area contributed by atoms with E-state index in [9.17, 15) is 22.8 Å². The number of hydrogen-bond acceptors (Lipinski definition) is 4. The summed E-state index contributed by atoms with van der Waals surface area (Å²) in [6.07, 6.45) is 0.141. The van der Waals surface area contributed by atoms with E-state index in [0.717, 1.165) is 0 Å². The maximum absolute atomic E-state index is 12.5. The first-order chi connectivity index (χ1) is 12.3. The van der Waals surface area contributed by atoms with Crippen molar-refractivity contribution < 1.29 is 27.5 Å². The van der Waals surface area contributed by atoms with Crippen LogP contribution < -0.4 is 4.74 Å². The average molecular weight is 368 g/mol. The van der Waals surface area contributed by atoms with Crippen molar-refractivity contribution in [3.8, 4) is 5.75 Å². The van der Waals surface area contributed by atoms with Gasteiger partial charge in [-0.25, -0.2) is 0 Å². The number of para-hydroxylation sites is 1. The lowest BCUT2D eigenvalue weighted by molar-refractivity contribution is -0.275. The van der Waals surface area contributed by atoms with Crippen LogP contribution in [-0.2, 0) is 16.1 Å². The second kappa shape index (κ2) is 7.11. The highest BCUT2D eigenvalue weighted by molar-refractivity contribution is 6.05. The quantitative estimate of drug-likeness (QED) is 0.592. The average Bonchev–Trinajstić information content (AvgIpc) is 2.81. The molecule has 0 N–H and O–H groups in total. The molecule has 0 saturated carbocycles. The summed E-state index contributed by atoms with van der Waals surface area (Å²) in [7, 11) is 1.64. The van der Waals surface area contributed by atoms with Crippen LogP contribution in [0.2, 0.25) is 0 Å². The van der Waals surface area contributed by atoms with Gasteiger partial charge in [-0.1, -0.05) is 30.4 Å². The summed E-state index contributed by atoms with van der Waals surface area (Å²) in [5, 5.41) is 0. The lowest BCUT2D eigenvalue weighted by atomic mass is 9.85. The largest absolute Gasteiger partial charge is 0.573 e. The van der Waals surface area contributed by atoms with E-state index in [4.69, 9.17) is 0 Å². The summed E-state index contributed by atoms with van der Waals surface area (Å²) in [4.78, 5) is 27.8. The third kappa shape index (κ3) is 3.90. The number of ether oxygens (including phenoxy) is 1. The van der Waals surface area contributed by atoms with Gasteiger partial charge in [0.05, 0.1) is 18.5 Å². The lowest BCUT2D eigenvalue weighted by Crippen LogP contribution is -2.40. The molecule has 8 heteroatoms. The third-order valence-electron chi connectivity index (χ3n) is 4.62. The van der Waals surface area contributed by atoms with Gasteiger partial charge in [-0.2, -0.15) is 0 Å². The summed E-state index contributed by atoms with van der Waals surface area (Å²) in [6.45, 7) is 0.141. The number of carbonyl (C=O) groups is 2. The zero-order valence-electron chi connectivity index (χ0n) is 14.2. The number of rotatable bonds is 5. The number of carbonyl (C=O) groups excluding carboxylic acids is 2. The molecule has 2 amide bonds. The van der Waals surface area contributed by atoms with Crippen LogP contribution in [0.25, 0.3) is 0 Å². The van der Waals surface area contributed by atoms with Crippen LogP contribution in [-0.4, -0.2) is 41.7 Å². The molecule has 0 aromatic heterocycles. The van der Waals surface area contributed by atoms with Crippen LogP contribution in [0.15, 0.2) is 36.4 Å². The van der Waals surface area contributed by atoms with Gasteiger partial charge >= 0.3 is 6.36 Å². The molecule has 0 radical (unpaired) electrons. The van der Waals surface area contributed by atoms with E-state index in [2.05, 4.69) is 4.74 Å². The zero-order chi connectivity index (χ0) is 18.9. The predicted octanol–water partition coefficient (Wildman–Crippen LogP) is 2.93. The minimum atomic E-state index is -4.78. The number of likely N-dealkylation sites (tertiary alicyclic amines) is 1. The Morgan fingerprint density at radius 2 is 1.69 bits per heavy atom. The highest BCUT2D eigenvalue weighted by Gasteiger charge is 2.47. The molecule has 1 aromatic rings. The molecule has 26 heavy (non-hydrogen) atoms. The molecular weight excluding hydrogens is 349 g/mol. The molecule has 2 atom stereocenters. The fourth-order valence-electron chi connectivity index (χ4n) is 3.45. The van der Waals surface area contributed by atoms with Crippen molar-refractivity contribution in [3.05, 3.63) is 42.0 Å². The molecule has 1 fully saturated rings. The van der Waals surface area contributed by atoms with Gasteiger partial charge in [-0.15, -0.1) is 13.2 Å². The van der Waals surface area contributed by atoms with Crippen molar-refractivity contribution >= 4 is 11.8 Å². The summed E-state index contributed by atoms with van der Waals surface area (Å²) < 4.78 is 41.6. The number of allylic oxidation sites excluding steroid dienone is 2. The standard InChI is InChI=1S/C18H19F3N2O3/c1-22(10-12-6-2-5-9-15(12)26-18(19,20)21)11-23-16(24)13-7-3-4-8-14(13)17(23)25/h2-6,9,13-14H,7-8,10-11H2,1H3/t13-,14-/m0/s1. The monoisotopic (exact) mass is 368 g/mol. The molecule has 0 spiro atoms. The molecule has 1 aliphatic heterocycles. The molecule has 1 saturated heterocycles. The van der Waals surface area contributed by atoms with E-state index in [1.54, 1.807) is 18.0 Å². The van der Waals surface area contributed by atoms with Crippen molar-refractivity contribution in [3.63, 3.8) is 0 Å². The van der Waals surface area contributed by atoms with Gasteiger partial charge in [0.25, 0.3) is 0 Å². The van der Waals surface area contributed by atoms with Gasteiger partial charge < -0.3 is 4.74 Å². The molecule has 0 unspecified atom stereocenters. The SMILES string of the molecule is CN(Cc1ccccc1OC(F)(F)F)CN1C(=O)[C@H]2CC=CC[C@@H]2C1=O. The number of imide groups is 1. The van der Waals surface area contributed by atoms with Crippen molar-refractivity contribution in [1.29, 1.82) is 0 Å². The third-order valence-corrected chi connectivity index (χ3v) is 4.62. The van der Waals surface area contributed by atoms with Gasteiger partial charge in [0, 0.05) is 12.1 Å². The second-order valence-electron chi connectivity index (χ2n) is 6.57. The maximum atomic E-state index is 12.5. The minimum Gasteiger partial charge on any atom is -0.405 e. The Kier molecular flexibility index (Phi) is 5.04. The minimum absolute atomic E-state index is 0.0328. The van der Waals surface area contributed by atoms with Gasteiger partial charge in [-0.05, 0) is 26.0 Å². The van der Waals surface area contributed by atoms with Crippen molar-refractivity contribution in [2.24, 2.45) is 11.8 Å². The fourth-order valence-corrected chi connectivity index (χ4v) is 3.45. The Balaban J connectivity index is 1.67. The Labute approximate surface area is 149 Å². The molecule has 1 heterocycles. The second-order valence-corrected chi connectivity index (χ2v) is 6.57. The molecule has 3 rings (SSSR count). The fraction of sp³-hybridized carbons (Fsp3) is 0.444. The smallest absolute Gasteiger partial charge is 0.405 e. The Hall–Kier alpha value is -2.35. The number of hydrogen-bond donors (Lipinski definition) is 0. The summed E-state index contributed by atoms with van der Waals surface area (Å²) >= 11 is 0. The first-order valence-electron chi connectivity index (χ1n) is 8.28. The van der Waals surface area contributed by atoms with Crippen LogP contribution in [0.4, 0.5) is 13.2 Å². The van der Waals surface area contributed by atoms with Gasteiger partial charge in [-0.3, -0.25) is 19.4 Å². The van der Waals surface area contributed by atoms with Gasteiger partial charge in [0.1, 0.15) is 5.75 Å². The van der Waals surface area contributed by atoms with Crippen molar-refractivity contribution in [2.75, 3.05) is 13.7 Å². The van der Waals surface area contributed by atoms with Crippen LogP contribution in [0.3, 0.4) is 0 Å². The predicted molar refractivity (Wildman–Crippen MR) is 86.7 cm³/mol. The van der Waals surface area contributed by atoms with Crippen LogP contribution in [0.1, 0.15) is 18.4 Å². The highest BCUT2D eigenvalue weighted by atomic mass is 19.4. The van der Waals surface area contributed by atoms with E-state index in [-0.39, 0.29) is 42.6 Å². The molecule has 0 bridgehead atoms. The van der Waals surface area contributed by atoms with Gasteiger partial charge in [0.2, 0.25) is 11.8 Å². The molecule has 140 valence electrons. The Morgan fingerprint density at radius 1 is 1.12 bits per heavy atom. The van der Waals surface area contributed by atoms with E-state index >= 15 is 0 Å². The number of fused-ring (bicyclic) bond motifs is 1. The van der Waals surface area contributed by atoms with E-state index in [1.165, 1.54) is 23.1 Å². The summed E-state index contributed by atoms with van der Waals surface area (Å²) in [5.41, 5.74) is 0.325. The number of benzene rings is 1. The lowest BCUT2D eigenvalue weighted by Gasteiger charge is -2.24. The Bertz CT molecular complexity index is 707. The zero-order valence-corrected chi connectivity index (χ0v) is 14.2. The van der Waals surface area contributed by atoms with Crippen molar-refractivity contribution in [1.82, 2.24) is 9.80 Å². The first-order valence-corrected chi connectivity index (χ1v) is 8.28. The van der Waals surface area contributed by atoms with Crippen LogP contribution in [0, 0.1) is 11.8 Å². The summed E-state index contributed by atoms with van der Waals surface area (Å²) in [5.74, 6) is -1.35. The number of halogens is 3. The van der Waals surface area contributed by atoms with Gasteiger partial charge in [0.15, 0.2) is 0 Å². The molecular formula is C18H19F3N2O3. The molecule has 2 aliphatic rings. The van der Waals surface area contributed by atoms with E-state index < -0.39 is 6.36 Å². The number of amides is 2. The van der Waals surface area contributed by atoms with E-state index in [0.29, 0.717) is 18.4 Å². The first kappa shape index (κ1) is 18.4. The molecule has 1 aliphatic carbocycles. The summed E-state index contributed by atoms with van der Waals surface area (Å²) in [6, 6.07) is 5.83. The van der Waals surface area contributed by atoms with E-state index in [1.807, 2.05) is 12.2 Å². The van der Waals surface area contributed by atoms with Crippen LogP contribution >= 0.6 is 0 Å². The maximum Gasteiger partial charge on any atom is 0.573 e. The normalized spacial score (nSPS) is 22.9. The van der Waals surface area contributed by atoms with Crippen molar-refractivity contribution in [2.45, 2.75) is 25.7 Å². The Morgan fingerprint density at radius 3 is 2.27 bits per heavy atom.